The van der Waals surface area contributed by atoms with E-state index in [2.05, 4.69) is 4.98 Å². The molecule has 0 atom stereocenters. The fraction of sp³-hybridized carbons (Fsp3) is 0.286. The first kappa shape index (κ1) is 8.99. The molecule has 0 saturated carbocycles. The minimum Gasteiger partial charge on any atom is -0.326 e. The van der Waals surface area contributed by atoms with E-state index in [0.29, 0.717) is 0 Å². The van der Waals surface area contributed by atoms with E-state index in [4.69, 9.17) is 5.73 Å². The molecule has 1 rings (SSSR count). The summed E-state index contributed by atoms with van der Waals surface area (Å²) in [4.78, 5) is 3.11. The second-order valence-corrected chi connectivity index (χ2v) is 2.18. The molecule has 0 unspecified atom stereocenters. The van der Waals surface area contributed by atoms with Gasteiger partial charge >= 0.3 is 0 Å². The van der Waals surface area contributed by atoms with Gasteiger partial charge in [-0.05, 0) is 11.6 Å². The van der Waals surface area contributed by atoms with Crippen molar-refractivity contribution in [2.45, 2.75) is 13.0 Å². The fourth-order valence-electron chi connectivity index (χ4n) is 0.893. The van der Waals surface area contributed by atoms with E-state index >= 15 is 0 Å². The number of aromatic nitrogens is 1. The summed E-state index contributed by atoms with van der Waals surface area (Å²) < 4.78 is 36.9. The van der Waals surface area contributed by atoms with Gasteiger partial charge in [-0.1, -0.05) is 0 Å². The summed E-state index contributed by atoms with van der Waals surface area (Å²) in [6.45, 7) is -0.112. The molecule has 66 valence electrons. The monoisotopic (exact) mass is 176 g/mol. The van der Waals surface area contributed by atoms with Crippen LogP contribution in [0, 0.1) is 5.95 Å². The van der Waals surface area contributed by atoms with Gasteiger partial charge in [0.05, 0.1) is 5.56 Å². The second-order valence-electron chi connectivity index (χ2n) is 2.18. The van der Waals surface area contributed by atoms with Gasteiger partial charge in [0.2, 0.25) is 5.95 Å². The van der Waals surface area contributed by atoms with Crippen molar-refractivity contribution in [3.63, 3.8) is 0 Å². The van der Waals surface area contributed by atoms with Gasteiger partial charge in [0, 0.05) is 12.7 Å². The maximum Gasteiger partial charge on any atom is 0.268 e. The summed E-state index contributed by atoms with van der Waals surface area (Å²) in [7, 11) is 0. The first-order valence-electron chi connectivity index (χ1n) is 3.28. The lowest BCUT2D eigenvalue weighted by atomic mass is 10.1. The summed E-state index contributed by atoms with van der Waals surface area (Å²) in [6, 6.07) is 1.28. The highest BCUT2D eigenvalue weighted by Crippen LogP contribution is 2.23. The van der Waals surface area contributed by atoms with E-state index in [0.717, 1.165) is 6.20 Å². The number of hydrogen-bond donors (Lipinski definition) is 1. The molecule has 0 aromatic carbocycles. The normalized spacial score (nSPS) is 10.8. The summed E-state index contributed by atoms with van der Waals surface area (Å²) in [5.74, 6) is -1.15. The van der Waals surface area contributed by atoms with E-state index in [9.17, 15) is 13.2 Å². The Morgan fingerprint density at radius 3 is 2.58 bits per heavy atom. The first-order valence-corrected chi connectivity index (χ1v) is 3.28. The van der Waals surface area contributed by atoms with E-state index in [1.54, 1.807) is 0 Å². The molecule has 0 bridgehead atoms. The summed E-state index contributed by atoms with van der Waals surface area (Å²) in [5, 5.41) is 0. The van der Waals surface area contributed by atoms with Gasteiger partial charge < -0.3 is 5.73 Å². The van der Waals surface area contributed by atoms with Crippen molar-refractivity contribution in [1.29, 1.82) is 0 Å². The van der Waals surface area contributed by atoms with Crippen LogP contribution < -0.4 is 5.73 Å². The van der Waals surface area contributed by atoms with Gasteiger partial charge in [-0.15, -0.1) is 0 Å². The van der Waals surface area contributed by atoms with Crippen molar-refractivity contribution in [3.05, 3.63) is 29.3 Å². The SMILES string of the molecule is NCc1ccnc(F)c1C(F)F. The minimum absolute atomic E-state index is 0.0949. The smallest absolute Gasteiger partial charge is 0.268 e. The van der Waals surface area contributed by atoms with Crippen LogP contribution in [0.4, 0.5) is 13.2 Å². The Labute approximate surface area is 67.2 Å². The molecule has 5 heteroatoms. The third-order valence-corrected chi connectivity index (χ3v) is 1.47. The average Bonchev–Trinajstić information content (AvgIpc) is 2.03. The first-order chi connectivity index (χ1) is 5.66. The zero-order valence-electron chi connectivity index (χ0n) is 6.10. The van der Waals surface area contributed by atoms with Crippen molar-refractivity contribution in [1.82, 2.24) is 4.98 Å². The van der Waals surface area contributed by atoms with Crippen LogP contribution in [0.2, 0.25) is 0 Å². The largest absolute Gasteiger partial charge is 0.326 e. The van der Waals surface area contributed by atoms with Gasteiger partial charge in [0.25, 0.3) is 6.43 Å². The Kier molecular flexibility index (Phi) is 2.65. The summed E-state index contributed by atoms with van der Waals surface area (Å²) in [5.41, 5.74) is 4.53. The molecular formula is C7H7F3N2. The van der Waals surface area contributed by atoms with Crippen molar-refractivity contribution in [2.75, 3.05) is 0 Å². The highest BCUT2D eigenvalue weighted by atomic mass is 19.3. The van der Waals surface area contributed by atoms with Gasteiger partial charge in [-0.2, -0.15) is 4.39 Å². The Morgan fingerprint density at radius 2 is 2.17 bits per heavy atom. The molecule has 0 saturated heterocycles. The van der Waals surface area contributed by atoms with Crippen LogP contribution in [0.1, 0.15) is 17.6 Å². The van der Waals surface area contributed by atoms with Crippen LogP contribution in [0.25, 0.3) is 0 Å². The lowest BCUT2D eigenvalue weighted by molar-refractivity contribution is 0.144. The number of nitrogens with two attached hydrogens (primary N) is 1. The number of nitrogens with zero attached hydrogens (tertiary/aromatic N) is 1. The zero-order chi connectivity index (χ0) is 9.14. The lowest BCUT2D eigenvalue weighted by Gasteiger charge is -2.05. The third kappa shape index (κ3) is 1.55. The summed E-state index contributed by atoms with van der Waals surface area (Å²) >= 11 is 0. The van der Waals surface area contributed by atoms with Crippen LogP contribution in [0.5, 0.6) is 0 Å². The Balaban J connectivity index is 3.20. The van der Waals surface area contributed by atoms with E-state index in [1.807, 2.05) is 0 Å². The molecule has 0 amide bonds. The van der Waals surface area contributed by atoms with Crippen LogP contribution in [-0.4, -0.2) is 4.98 Å². The molecule has 0 fully saturated rings. The van der Waals surface area contributed by atoms with Crippen LogP contribution >= 0.6 is 0 Å². The number of pyridine rings is 1. The Hall–Kier alpha value is -1.10. The molecule has 1 heterocycles. The maximum atomic E-state index is 12.6. The number of hydrogen-bond acceptors (Lipinski definition) is 2. The predicted molar refractivity (Wildman–Crippen MR) is 37.0 cm³/mol. The van der Waals surface area contributed by atoms with Crippen molar-refractivity contribution < 1.29 is 13.2 Å². The molecule has 1 aromatic rings. The number of rotatable bonds is 2. The Morgan fingerprint density at radius 1 is 1.50 bits per heavy atom. The molecular weight excluding hydrogens is 169 g/mol. The molecule has 12 heavy (non-hydrogen) atoms. The predicted octanol–water partition coefficient (Wildman–Crippen LogP) is 1.62. The van der Waals surface area contributed by atoms with Crippen molar-refractivity contribution >= 4 is 0 Å². The molecule has 0 aliphatic heterocycles. The molecule has 2 N–H and O–H groups in total. The zero-order valence-corrected chi connectivity index (χ0v) is 6.10. The van der Waals surface area contributed by atoms with Crippen LogP contribution in [-0.2, 0) is 6.54 Å². The number of alkyl halides is 2. The quantitative estimate of drug-likeness (QED) is 0.695. The molecule has 0 aliphatic rings. The van der Waals surface area contributed by atoms with E-state index < -0.39 is 17.9 Å². The van der Waals surface area contributed by atoms with E-state index in [-0.39, 0.29) is 12.1 Å². The topological polar surface area (TPSA) is 38.9 Å². The highest BCUT2D eigenvalue weighted by molar-refractivity contribution is 5.25. The molecule has 2 nitrogen and oxygen atoms in total. The number of halogens is 3. The van der Waals surface area contributed by atoms with Gasteiger partial charge in [0.15, 0.2) is 0 Å². The minimum atomic E-state index is -2.86. The molecule has 0 aliphatic carbocycles. The van der Waals surface area contributed by atoms with Crippen LogP contribution in [0.15, 0.2) is 12.3 Å². The molecule has 0 spiro atoms. The lowest BCUT2D eigenvalue weighted by Crippen LogP contribution is -2.05. The third-order valence-electron chi connectivity index (χ3n) is 1.47. The molecule has 1 aromatic heterocycles. The maximum absolute atomic E-state index is 12.6. The second kappa shape index (κ2) is 3.53. The van der Waals surface area contributed by atoms with Gasteiger partial charge in [-0.3, -0.25) is 0 Å². The van der Waals surface area contributed by atoms with Gasteiger partial charge in [0.1, 0.15) is 0 Å². The van der Waals surface area contributed by atoms with E-state index in [1.165, 1.54) is 6.07 Å². The summed E-state index contributed by atoms with van der Waals surface area (Å²) in [6.07, 6.45) is -1.75. The van der Waals surface area contributed by atoms with Crippen LogP contribution in [0.3, 0.4) is 0 Å². The average molecular weight is 176 g/mol. The molecule has 0 radical (unpaired) electrons. The standard InChI is InChI=1S/C7H7F3N2/c8-6(9)5-4(3-11)1-2-12-7(5)10/h1-2,6H,3,11H2. The highest BCUT2D eigenvalue weighted by Gasteiger charge is 2.17. The van der Waals surface area contributed by atoms with Gasteiger partial charge in [-0.25, -0.2) is 13.8 Å². The van der Waals surface area contributed by atoms with Crippen molar-refractivity contribution in [3.8, 4) is 0 Å². The Bertz CT molecular complexity index is 275. The van der Waals surface area contributed by atoms with Crippen molar-refractivity contribution in [2.24, 2.45) is 5.73 Å². The fourth-order valence-corrected chi connectivity index (χ4v) is 0.893.